The van der Waals surface area contributed by atoms with E-state index in [1.165, 1.54) is 12.1 Å². The van der Waals surface area contributed by atoms with Gasteiger partial charge in [0.2, 0.25) is 0 Å². The minimum Gasteiger partial charge on any atom is -0.481 e. The maximum absolute atomic E-state index is 11.2. The van der Waals surface area contributed by atoms with Crippen LogP contribution in [0.3, 0.4) is 0 Å². The van der Waals surface area contributed by atoms with Crippen molar-refractivity contribution in [2.75, 3.05) is 18.0 Å². The summed E-state index contributed by atoms with van der Waals surface area (Å²) in [5.41, 5.74) is 0.222. The monoisotopic (exact) mass is 342 g/mol. The molecule has 6 nitrogen and oxygen atoms in total. The van der Waals surface area contributed by atoms with E-state index in [0.29, 0.717) is 30.4 Å². The van der Waals surface area contributed by atoms with Crippen molar-refractivity contribution in [1.29, 1.82) is 0 Å². The van der Waals surface area contributed by atoms with Gasteiger partial charge in [-0.3, -0.25) is 14.9 Å². The van der Waals surface area contributed by atoms with Gasteiger partial charge in [0.15, 0.2) is 0 Å². The van der Waals surface area contributed by atoms with Crippen LogP contribution < -0.4 is 4.90 Å². The number of nitrogens with zero attached hydrogens (tertiary/aromatic N) is 2. The number of carbonyl (C=O) groups is 1. The summed E-state index contributed by atoms with van der Waals surface area (Å²) in [7, 11) is 0. The molecule has 0 spiro atoms. The molecule has 0 aromatic heterocycles. The van der Waals surface area contributed by atoms with Crippen molar-refractivity contribution in [2.24, 2.45) is 5.41 Å². The number of piperidine rings is 1. The molecule has 1 aliphatic heterocycles. The van der Waals surface area contributed by atoms with Crippen LogP contribution in [-0.2, 0) is 4.79 Å². The molecule has 1 saturated heterocycles. The normalized spacial score (nSPS) is 17.8. The summed E-state index contributed by atoms with van der Waals surface area (Å²) in [4.78, 5) is 23.5. The third kappa shape index (κ3) is 2.77. The van der Waals surface area contributed by atoms with Crippen LogP contribution in [0.1, 0.15) is 19.8 Å². The number of carboxylic acid groups (broad SMARTS) is 1. The van der Waals surface area contributed by atoms with Crippen molar-refractivity contribution in [3.63, 3.8) is 0 Å². The Balaban J connectivity index is 2.15. The third-order valence-electron chi connectivity index (χ3n) is 3.87. The van der Waals surface area contributed by atoms with Crippen LogP contribution in [0.4, 0.5) is 11.4 Å². The molecule has 1 aliphatic rings. The van der Waals surface area contributed by atoms with Gasteiger partial charge in [-0.1, -0.05) is 0 Å². The van der Waals surface area contributed by atoms with Crippen molar-refractivity contribution in [2.45, 2.75) is 19.8 Å². The van der Waals surface area contributed by atoms with Gasteiger partial charge in [0, 0.05) is 29.7 Å². The molecule has 108 valence electrons. The molecule has 1 fully saturated rings. The number of benzene rings is 1. The van der Waals surface area contributed by atoms with E-state index in [4.69, 9.17) is 0 Å². The first kappa shape index (κ1) is 14.8. The van der Waals surface area contributed by atoms with Gasteiger partial charge >= 0.3 is 5.97 Å². The Morgan fingerprint density at radius 2 is 2.05 bits per heavy atom. The number of nitro groups is 1. The van der Waals surface area contributed by atoms with Crippen molar-refractivity contribution in [3.8, 4) is 0 Å². The quantitative estimate of drug-likeness (QED) is 0.674. The average Bonchev–Trinajstić information content (AvgIpc) is 2.39. The fourth-order valence-electron chi connectivity index (χ4n) is 2.32. The van der Waals surface area contributed by atoms with Crippen LogP contribution in [-0.4, -0.2) is 29.1 Å². The molecule has 0 aliphatic carbocycles. The predicted molar refractivity (Wildman–Crippen MR) is 78.0 cm³/mol. The van der Waals surface area contributed by atoms with Crippen LogP contribution in [0.5, 0.6) is 0 Å². The van der Waals surface area contributed by atoms with E-state index in [2.05, 4.69) is 20.8 Å². The Kier molecular flexibility index (Phi) is 3.99. The summed E-state index contributed by atoms with van der Waals surface area (Å²) in [6.07, 6.45) is 1.12. The zero-order valence-electron chi connectivity index (χ0n) is 11.0. The number of rotatable bonds is 3. The Morgan fingerprint density at radius 1 is 1.45 bits per heavy atom. The summed E-state index contributed by atoms with van der Waals surface area (Å²) in [6, 6.07) is 4.64. The van der Waals surface area contributed by atoms with E-state index in [1.807, 2.05) is 0 Å². The first-order valence-corrected chi connectivity index (χ1v) is 7.05. The van der Waals surface area contributed by atoms with Crippen molar-refractivity contribution in [3.05, 3.63) is 32.8 Å². The lowest BCUT2D eigenvalue weighted by atomic mass is 9.80. The van der Waals surface area contributed by atoms with E-state index in [-0.39, 0.29) is 5.69 Å². The van der Waals surface area contributed by atoms with Crippen molar-refractivity contribution in [1.82, 2.24) is 0 Å². The first-order valence-electron chi connectivity index (χ1n) is 6.26. The Morgan fingerprint density at radius 3 is 2.50 bits per heavy atom. The third-order valence-corrected chi connectivity index (χ3v) is 4.50. The van der Waals surface area contributed by atoms with Gasteiger partial charge in [-0.15, -0.1) is 0 Å². The molecule has 0 bridgehead atoms. The molecule has 0 amide bonds. The number of non-ortho nitro benzene ring substituents is 1. The highest BCUT2D eigenvalue weighted by atomic mass is 79.9. The van der Waals surface area contributed by atoms with Gasteiger partial charge < -0.3 is 10.0 Å². The molecule has 2 rings (SSSR count). The second kappa shape index (κ2) is 5.40. The minimum absolute atomic E-state index is 0.0352. The summed E-state index contributed by atoms with van der Waals surface area (Å²) >= 11 is 3.35. The van der Waals surface area contributed by atoms with E-state index >= 15 is 0 Å². The van der Waals surface area contributed by atoms with Crippen LogP contribution in [0.15, 0.2) is 22.7 Å². The largest absolute Gasteiger partial charge is 0.481 e. The van der Waals surface area contributed by atoms with Gasteiger partial charge in [-0.25, -0.2) is 0 Å². The second-order valence-corrected chi connectivity index (χ2v) is 6.10. The Hall–Kier alpha value is -1.63. The summed E-state index contributed by atoms with van der Waals surface area (Å²) in [5, 5.41) is 19.9. The number of anilines is 1. The highest BCUT2D eigenvalue weighted by Crippen LogP contribution is 2.36. The average molecular weight is 343 g/mol. The summed E-state index contributed by atoms with van der Waals surface area (Å²) in [6.45, 7) is 3.01. The van der Waals surface area contributed by atoms with Crippen LogP contribution in [0.2, 0.25) is 0 Å². The minimum atomic E-state index is -0.764. The highest BCUT2D eigenvalue weighted by Gasteiger charge is 2.37. The Labute approximate surface area is 124 Å². The van der Waals surface area contributed by atoms with E-state index < -0.39 is 16.3 Å². The van der Waals surface area contributed by atoms with E-state index in [9.17, 15) is 20.0 Å². The van der Waals surface area contributed by atoms with E-state index in [1.54, 1.807) is 13.0 Å². The molecule has 0 atom stereocenters. The SMILES string of the molecule is CC1(C(=O)O)CCN(c2ccc([N+](=O)[O-])cc2Br)CC1. The molecule has 7 heteroatoms. The van der Waals surface area contributed by atoms with Gasteiger partial charge in [0.05, 0.1) is 16.0 Å². The number of halogens is 1. The smallest absolute Gasteiger partial charge is 0.309 e. The van der Waals surface area contributed by atoms with E-state index in [0.717, 1.165) is 5.69 Å². The van der Waals surface area contributed by atoms with Crippen molar-refractivity contribution < 1.29 is 14.8 Å². The van der Waals surface area contributed by atoms with Gasteiger partial charge in [0.1, 0.15) is 0 Å². The molecule has 0 radical (unpaired) electrons. The second-order valence-electron chi connectivity index (χ2n) is 5.25. The maximum atomic E-state index is 11.2. The summed E-state index contributed by atoms with van der Waals surface area (Å²) in [5.74, 6) is -0.764. The van der Waals surface area contributed by atoms with Gasteiger partial charge in [-0.05, 0) is 41.8 Å². The number of nitro benzene ring substituents is 1. The zero-order chi connectivity index (χ0) is 14.9. The molecule has 1 aromatic carbocycles. The van der Waals surface area contributed by atoms with Crippen LogP contribution in [0.25, 0.3) is 0 Å². The van der Waals surface area contributed by atoms with Gasteiger partial charge in [0.25, 0.3) is 5.69 Å². The zero-order valence-corrected chi connectivity index (χ0v) is 12.6. The highest BCUT2D eigenvalue weighted by molar-refractivity contribution is 9.10. The predicted octanol–water partition coefficient (Wildman–Crippen LogP) is 3.05. The number of hydrogen-bond donors (Lipinski definition) is 1. The lowest BCUT2D eigenvalue weighted by molar-refractivity contribution is -0.384. The molecular formula is C13H15BrN2O4. The number of carboxylic acids is 1. The Bertz CT molecular complexity index is 553. The first-order chi connectivity index (χ1) is 9.33. The topological polar surface area (TPSA) is 83.7 Å². The molecule has 0 saturated carbocycles. The maximum Gasteiger partial charge on any atom is 0.309 e. The molecule has 20 heavy (non-hydrogen) atoms. The van der Waals surface area contributed by atoms with Crippen LogP contribution in [0, 0.1) is 15.5 Å². The lowest BCUT2D eigenvalue weighted by Crippen LogP contribution is -2.42. The lowest BCUT2D eigenvalue weighted by Gasteiger charge is -2.38. The number of hydrogen-bond acceptors (Lipinski definition) is 4. The molecular weight excluding hydrogens is 328 g/mol. The molecule has 1 aromatic rings. The molecule has 0 unspecified atom stereocenters. The molecule has 1 N–H and O–H groups in total. The van der Waals surface area contributed by atoms with Gasteiger partial charge in [-0.2, -0.15) is 0 Å². The fourth-order valence-corrected chi connectivity index (χ4v) is 2.94. The molecule has 1 heterocycles. The van der Waals surface area contributed by atoms with Crippen LogP contribution >= 0.6 is 15.9 Å². The summed E-state index contributed by atoms with van der Waals surface area (Å²) < 4.78 is 0.658. The van der Waals surface area contributed by atoms with Crippen molar-refractivity contribution >= 4 is 33.3 Å². The standard InChI is InChI=1S/C13H15BrN2O4/c1-13(12(17)18)4-6-15(7-5-13)11-3-2-9(16(19)20)8-10(11)14/h2-3,8H,4-7H2,1H3,(H,17,18). The fraction of sp³-hybridized carbons (Fsp3) is 0.462. The number of aliphatic carboxylic acids is 1.